The van der Waals surface area contributed by atoms with Crippen molar-refractivity contribution in [3.8, 4) is 0 Å². The van der Waals surface area contributed by atoms with Crippen LogP contribution in [-0.4, -0.2) is 43.1 Å². The predicted molar refractivity (Wildman–Crippen MR) is 75.2 cm³/mol. The van der Waals surface area contributed by atoms with E-state index >= 15 is 0 Å². The molecule has 0 spiro atoms. The molecule has 20 heavy (non-hydrogen) atoms. The highest BCUT2D eigenvalue weighted by Gasteiger charge is 2.21. The van der Waals surface area contributed by atoms with Crippen LogP contribution < -0.4 is 11.3 Å². The second-order valence-corrected chi connectivity index (χ2v) is 5.46. The average molecular weight is 288 g/mol. The molecule has 6 heteroatoms. The second kappa shape index (κ2) is 9.72. The van der Waals surface area contributed by atoms with E-state index in [0.29, 0.717) is 5.92 Å². The molecule has 0 saturated heterocycles. The molecule has 6 nitrogen and oxygen atoms in total. The van der Waals surface area contributed by atoms with Crippen molar-refractivity contribution in [1.29, 1.82) is 0 Å². The highest BCUT2D eigenvalue weighted by atomic mass is 16.5. The molecular weight excluding hydrogens is 260 g/mol. The summed E-state index contributed by atoms with van der Waals surface area (Å²) in [5.41, 5.74) is 0. The number of carboxylic acids is 1. The third kappa shape index (κ3) is 6.86. The van der Waals surface area contributed by atoms with Gasteiger partial charge in [-0.2, -0.15) is 0 Å². The maximum atomic E-state index is 11.8. The summed E-state index contributed by atoms with van der Waals surface area (Å²) in [4.78, 5) is 23.6. The van der Waals surface area contributed by atoms with E-state index in [2.05, 4.69) is 0 Å². The van der Waals surface area contributed by atoms with Gasteiger partial charge in [-0.3, -0.25) is 4.79 Å². The topological polar surface area (TPSA) is 106 Å². The highest BCUT2D eigenvalue weighted by molar-refractivity contribution is 5.77. The molecule has 0 aromatic heterocycles. The fourth-order valence-corrected chi connectivity index (χ4v) is 2.63. The van der Waals surface area contributed by atoms with Crippen LogP contribution in [0.2, 0.25) is 0 Å². The molecule has 1 rings (SSSR count). The number of nitrogens with zero attached hydrogens (tertiary/aromatic N) is 1. The van der Waals surface area contributed by atoms with E-state index in [9.17, 15) is 14.7 Å². The van der Waals surface area contributed by atoms with E-state index in [0.717, 1.165) is 6.42 Å². The van der Waals surface area contributed by atoms with Crippen LogP contribution in [0.1, 0.15) is 45.4 Å². The molecule has 1 amide bonds. The number of likely N-dealkylation sites (N-methyl/N-ethyl adjacent to an activating group) is 1. The van der Waals surface area contributed by atoms with Crippen molar-refractivity contribution in [3.63, 3.8) is 0 Å². The van der Waals surface area contributed by atoms with Crippen molar-refractivity contribution in [2.75, 3.05) is 20.3 Å². The van der Waals surface area contributed by atoms with Gasteiger partial charge in [-0.15, -0.1) is 0 Å². The van der Waals surface area contributed by atoms with E-state index in [-0.39, 0.29) is 24.7 Å². The quantitative estimate of drug-likeness (QED) is 0.752. The Bertz CT molecular complexity index is 304. The summed E-state index contributed by atoms with van der Waals surface area (Å²) in [5.74, 6) is -0.765. The predicted octanol–water partition coefficient (Wildman–Crippen LogP) is 0.946. The van der Waals surface area contributed by atoms with Crippen LogP contribution in [0.3, 0.4) is 0 Å². The number of quaternary nitrogens is 1. The van der Waals surface area contributed by atoms with Crippen LogP contribution in [0.5, 0.6) is 0 Å². The molecule has 1 fully saturated rings. The van der Waals surface area contributed by atoms with Crippen molar-refractivity contribution in [2.24, 2.45) is 5.92 Å². The number of hydrogen-bond donors (Lipinski definition) is 1. The van der Waals surface area contributed by atoms with Gasteiger partial charge in [0.2, 0.25) is 5.91 Å². The molecule has 118 valence electrons. The van der Waals surface area contributed by atoms with Gasteiger partial charge in [0.25, 0.3) is 0 Å². The lowest BCUT2D eigenvalue weighted by Gasteiger charge is -2.30. The zero-order valence-corrected chi connectivity index (χ0v) is 12.9. The molecule has 1 unspecified atom stereocenters. The van der Waals surface area contributed by atoms with Crippen LogP contribution in [-0.2, 0) is 14.3 Å². The molecule has 0 bridgehead atoms. The molecule has 0 aromatic carbocycles. The van der Waals surface area contributed by atoms with Gasteiger partial charge in [0.1, 0.15) is 6.61 Å². The lowest BCUT2D eigenvalue weighted by Crippen LogP contribution is -2.39. The maximum absolute atomic E-state index is 11.8. The molecular formula is C14H28N2O4. The molecule has 0 aromatic rings. The number of amides is 1. The van der Waals surface area contributed by atoms with Crippen molar-refractivity contribution >= 4 is 11.9 Å². The first-order valence-corrected chi connectivity index (χ1v) is 7.04. The number of hydrogen-bond acceptors (Lipinski definition) is 4. The van der Waals surface area contributed by atoms with Crippen LogP contribution in [0.15, 0.2) is 0 Å². The summed E-state index contributed by atoms with van der Waals surface area (Å²) < 4.78 is 4.76. The minimum absolute atomic E-state index is 0. The first kappa shape index (κ1) is 18.9. The van der Waals surface area contributed by atoms with Gasteiger partial charge in [-0.1, -0.05) is 32.1 Å². The molecule has 0 heterocycles. The third-order valence-corrected chi connectivity index (χ3v) is 3.90. The van der Waals surface area contributed by atoms with Gasteiger partial charge in [0, 0.05) is 13.1 Å². The van der Waals surface area contributed by atoms with Gasteiger partial charge in [-0.05, 0) is 19.3 Å². The fourth-order valence-electron chi connectivity index (χ4n) is 2.63. The number of carbonyl (C=O) groups excluding carboxylic acids is 2. The van der Waals surface area contributed by atoms with Crippen molar-refractivity contribution in [1.82, 2.24) is 11.1 Å². The van der Waals surface area contributed by atoms with Crippen molar-refractivity contribution in [2.45, 2.75) is 51.5 Å². The Morgan fingerprint density at radius 3 is 2.40 bits per heavy atom. The zero-order valence-electron chi connectivity index (χ0n) is 12.9. The Kier molecular flexibility index (Phi) is 9.16. The zero-order chi connectivity index (χ0) is 14.3. The van der Waals surface area contributed by atoms with E-state index in [1.54, 1.807) is 11.9 Å². The van der Waals surface area contributed by atoms with E-state index < -0.39 is 12.6 Å². The van der Waals surface area contributed by atoms with Crippen molar-refractivity contribution in [3.05, 3.63) is 0 Å². The van der Waals surface area contributed by atoms with E-state index in [4.69, 9.17) is 4.74 Å². The lowest BCUT2D eigenvalue weighted by atomic mass is 9.85. The van der Waals surface area contributed by atoms with Crippen LogP contribution in [0, 0.1) is 5.92 Å². The van der Waals surface area contributed by atoms with Crippen molar-refractivity contribution < 1.29 is 19.4 Å². The number of carbonyl (C=O) groups is 2. The van der Waals surface area contributed by atoms with Crippen LogP contribution in [0.25, 0.3) is 0 Å². The fraction of sp³-hybridized carbons (Fsp3) is 0.857. The number of carboxylic acid groups (broad SMARTS) is 1. The number of ether oxygens (including phenoxy) is 1. The van der Waals surface area contributed by atoms with Gasteiger partial charge in [0.15, 0.2) is 0 Å². The van der Waals surface area contributed by atoms with E-state index in [1.807, 2.05) is 6.92 Å². The Labute approximate surface area is 121 Å². The molecule has 4 N–H and O–H groups in total. The van der Waals surface area contributed by atoms with Gasteiger partial charge < -0.3 is 25.7 Å². The minimum atomic E-state index is -1.30. The summed E-state index contributed by atoms with van der Waals surface area (Å²) in [7, 11) is 1.75. The molecule has 0 radical (unpaired) electrons. The van der Waals surface area contributed by atoms with Gasteiger partial charge in [0.05, 0.1) is 12.6 Å². The largest absolute Gasteiger partial charge is 0.548 e. The summed E-state index contributed by atoms with van der Waals surface area (Å²) >= 11 is 0. The van der Waals surface area contributed by atoms with Gasteiger partial charge >= 0.3 is 0 Å². The smallest absolute Gasteiger partial charge is 0.248 e. The SMILES string of the molecule is CC(CC1CCCCC1)N(C)C(=O)COCC(=O)[O-].[NH4+]. The van der Waals surface area contributed by atoms with Crippen LogP contribution >= 0.6 is 0 Å². The molecule has 1 saturated carbocycles. The monoisotopic (exact) mass is 288 g/mol. The third-order valence-electron chi connectivity index (χ3n) is 3.90. The Morgan fingerprint density at radius 1 is 1.25 bits per heavy atom. The lowest BCUT2D eigenvalue weighted by molar-refractivity contribution is -0.309. The Balaban J connectivity index is 0.00000361. The summed E-state index contributed by atoms with van der Waals surface area (Å²) in [6, 6.07) is 0.169. The van der Waals surface area contributed by atoms with E-state index in [1.165, 1.54) is 32.1 Å². The normalized spacial score (nSPS) is 17.1. The minimum Gasteiger partial charge on any atom is -0.548 e. The summed E-state index contributed by atoms with van der Waals surface area (Å²) in [6.45, 7) is 1.31. The molecule has 1 aliphatic rings. The average Bonchev–Trinajstić information content (AvgIpc) is 2.38. The number of aliphatic carboxylic acids is 1. The highest BCUT2D eigenvalue weighted by Crippen LogP contribution is 2.28. The maximum Gasteiger partial charge on any atom is 0.248 e. The summed E-state index contributed by atoms with van der Waals surface area (Å²) in [5, 5.41) is 10.2. The van der Waals surface area contributed by atoms with Gasteiger partial charge in [-0.25, -0.2) is 0 Å². The molecule has 1 aliphatic carbocycles. The Hall–Kier alpha value is -1.14. The first-order valence-electron chi connectivity index (χ1n) is 7.04. The van der Waals surface area contributed by atoms with Crippen LogP contribution in [0.4, 0.5) is 0 Å². The molecule has 1 atom stereocenters. The first-order chi connectivity index (χ1) is 9.00. The standard InChI is InChI=1S/C14H25NO4.H3N/c1-11(8-12-6-4-3-5-7-12)15(2)13(16)9-19-10-14(17)18;/h11-12H,3-10H2,1-2H3,(H,17,18);1H3. The number of rotatable bonds is 7. The molecule has 0 aliphatic heterocycles. The second-order valence-electron chi connectivity index (χ2n) is 5.46. The summed E-state index contributed by atoms with van der Waals surface area (Å²) in [6.07, 6.45) is 7.45. The Morgan fingerprint density at radius 2 is 1.85 bits per heavy atom.